The third-order valence-corrected chi connectivity index (χ3v) is 5.05. The van der Waals surface area contributed by atoms with Crippen LogP contribution in [0.25, 0.3) is 0 Å². The molecule has 0 aliphatic carbocycles. The van der Waals surface area contributed by atoms with E-state index in [1.807, 2.05) is 18.2 Å². The number of para-hydroxylation sites is 1. The van der Waals surface area contributed by atoms with Gasteiger partial charge in [0.05, 0.1) is 30.2 Å². The zero-order valence-corrected chi connectivity index (χ0v) is 16.8. The molecule has 9 heteroatoms. The van der Waals surface area contributed by atoms with Crippen molar-refractivity contribution in [3.8, 4) is 5.75 Å². The van der Waals surface area contributed by atoms with Crippen molar-refractivity contribution >= 4 is 23.4 Å². The summed E-state index contributed by atoms with van der Waals surface area (Å²) in [6.45, 7) is 0.916. The zero-order valence-electron chi connectivity index (χ0n) is 16.8. The topological polar surface area (TPSA) is 102 Å². The van der Waals surface area contributed by atoms with Crippen LogP contribution in [0.4, 0.5) is 14.5 Å². The van der Waals surface area contributed by atoms with Crippen molar-refractivity contribution in [1.82, 2.24) is 4.90 Å². The number of anilines is 1. The van der Waals surface area contributed by atoms with Gasteiger partial charge in [-0.15, -0.1) is 0 Å². The first kappa shape index (κ1) is 22.2. The van der Waals surface area contributed by atoms with Gasteiger partial charge in [-0.3, -0.25) is 14.4 Å². The predicted molar refractivity (Wildman–Crippen MR) is 109 cm³/mol. The van der Waals surface area contributed by atoms with E-state index in [2.05, 4.69) is 5.32 Å². The number of primary amides is 1. The van der Waals surface area contributed by atoms with E-state index in [0.717, 1.165) is 6.07 Å². The minimum absolute atomic E-state index is 0.141. The Morgan fingerprint density at radius 3 is 2.58 bits per heavy atom. The molecule has 1 aliphatic heterocycles. The molecule has 0 aromatic heterocycles. The fourth-order valence-corrected chi connectivity index (χ4v) is 3.42. The molecule has 31 heavy (non-hydrogen) atoms. The number of benzene rings is 2. The van der Waals surface area contributed by atoms with Crippen LogP contribution in [-0.4, -0.2) is 42.3 Å². The molecule has 3 amide bonds. The smallest absolute Gasteiger partial charge is 0.251 e. The summed E-state index contributed by atoms with van der Waals surface area (Å²) in [5.41, 5.74) is 4.22. The van der Waals surface area contributed by atoms with Crippen LogP contribution in [0.2, 0.25) is 0 Å². The molecule has 2 aromatic carbocycles. The van der Waals surface area contributed by atoms with E-state index in [-0.39, 0.29) is 31.2 Å². The summed E-state index contributed by atoms with van der Waals surface area (Å²) in [5, 5.41) is 2.38. The van der Waals surface area contributed by atoms with Crippen molar-refractivity contribution in [2.75, 3.05) is 25.0 Å². The van der Waals surface area contributed by atoms with E-state index < -0.39 is 34.9 Å². The van der Waals surface area contributed by atoms with Gasteiger partial charge < -0.3 is 20.7 Å². The fourth-order valence-electron chi connectivity index (χ4n) is 3.42. The molecule has 3 rings (SSSR count). The highest BCUT2D eigenvalue weighted by Gasteiger charge is 2.29. The number of carbonyl (C=O) groups excluding carboxylic acids is 3. The highest BCUT2D eigenvalue weighted by Crippen LogP contribution is 2.23. The Morgan fingerprint density at radius 1 is 1.13 bits per heavy atom. The summed E-state index contributed by atoms with van der Waals surface area (Å²) in [7, 11) is 0. The van der Waals surface area contributed by atoms with Gasteiger partial charge in [-0.25, -0.2) is 8.78 Å². The molecule has 0 radical (unpaired) electrons. The maximum absolute atomic E-state index is 14.0. The zero-order chi connectivity index (χ0) is 22.4. The Kier molecular flexibility index (Phi) is 7.17. The van der Waals surface area contributed by atoms with Crippen LogP contribution >= 0.6 is 0 Å². The van der Waals surface area contributed by atoms with Gasteiger partial charge in [-0.2, -0.15) is 0 Å². The number of ether oxygens (including phenoxy) is 1. The summed E-state index contributed by atoms with van der Waals surface area (Å²) in [5.74, 6) is -3.73. The maximum Gasteiger partial charge on any atom is 0.251 e. The van der Waals surface area contributed by atoms with Gasteiger partial charge in [0, 0.05) is 19.2 Å². The van der Waals surface area contributed by atoms with Gasteiger partial charge in [0.2, 0.25) is 11.8 Å². The van der Waals surface area contributed by atoms with Crippen LogP contribution in [0.3, 0.4) is 0 Å². The Morgan fingerprint density at radius 2 is 1.87 bits per heavy atom. The molecule has 0 spiro atoms. The van der Waals surface area contributed by atoms with Crippen LogP contribution in [-0.2, 0) is 9.59 Å². The lowest BCUT2D eigenvalue weighted by molar-refractivity contribution is -0.135. The number of hydrogen-bond donors (Lipinski definition) is 2. The number of carbonyl (C=O) groups is 3. The van der Waals surface area contributed by atoms with Crippen LogP contribution in [0, 0.1) is 17.6 Å². The first-order valence-electron chi connectivity index (χ1n) is 9.90. The molecule has 0 bridgehead atoms. The summed E-state index contributed by atoms with van der Waals surface area (Å²) in [6.07, 6.45) is 1.29. The number of piperidine rings is 1. The minimum Gasteiger partial charge on any atom is -0.493 e. The third-order valence-electron chi connectivity index (χ3n) is 5.05. The summed E-state index contributed by atoms with van der Waals surface area (Å²) in [4.78, 5) is 37.9. The maximum atomic E-state index is 14.0. The number of hydrogen-bond acceptors (Lipinski definition) is 4. The van der Waals surface area contributed by atoms with Crippen molar-refractivity contribution in [2.24, 2.45) is 11.7 Å². The third kappa shape index (κ3) is 5.78. The summed E-state index contributed by atoms with van der Waals surface area (Å²) < 4.78 is 33.2. The second kappa shape index (κ2) is 10.0. The van der Waals surface area contributed by atoms with E-state index in [9.17, 15) is 23.2 Å². The lowest BCUT2D eigenvalue weighted by atomic mass is 9.96. The molecule has 1 saturated heterocycles. The van der Waals surface area contributed by atoms with Gasteiger partial charge in [0.15, 0.2) is 0 Å². The quantitative estimate of drug-likeness (QED) is 0.704. The van der Waals surface area contributed by atoms with Gasteiger partial charge >= 0.3 is 0 Å². The molecule has 7 nitrogen and oxygen atoms in total. The van der Waals surface area contributed by atoms with Crippen molar-refractivity contribution in [2.45, 2.75) is 19.3 Å². The summed E-state index contributed by atoms with van der Waals surface area (Å²) in [6, 6.07) is 10.5. The molecular weight excluding hydrogens is 408 g/mol. The first-order chi connectivity index (χ1) is 14.8. The standard InChI is InChI=1S/C22H23F2N3O4/c23-17-12-18(24)19(11-16(17)21(25)29)26-22(30)14-5-4-9-27(13-14)20(28)8-10-31-15-6-2-1-3-7-15/h1-3,6-7,11-12,14H,4-5,8-10,13H2,(H2,25,29)(H,26,30). The monoisotopic (exact) mass is 431 g/mol. The van der Waals surface area contributed by atoms with Crippen LogP contribution in [0.5, 0.6) is 5.75 Å². The highest BCUT2D eigenvalue weighted by molar-refractivity contribution is 5.97. The molecular formula is C22H23F2N3O4. The van der Waals surface area contributed by atoms with Crippen LogP contribution < -0.4 is 15.8 Å². The van der Waals surface area contributed by atoms with E-state index in [1.165, 1.54) is 0 Å². The Balaban J connectivity index is 1.56. The Bertz CT molecular complexity index is 969. The first-order valence-corrected chi connectivity index (χ1v) is 9.90. The van der Waals surface area contributed by atoms with Crippen molar-refractivity contribution in [3.63, 3.8) is 0 Å². The lowest BCUT2D eigenvalue weighted by Gasteiger charge is -2.32. The molecule has 3 N–H and O–H groups in total. The van der Waals surface area contributed by atoms with E-state index in [4.69, 9.17) is 10.5 Å². The highest BCUT2D eigenvalue weighted by atomic mass is 19.1. The molecule has 0 saturated carbocycles. The Labute approximate surface area is 178 Å². The number of halogens is 2. The minimum atomic E-state index is -1.10. The molecule has 164 valence electrons. The van der Waals surface area contributed by atoms with Gasteiger partial charge in [0.25, 0.3) is 5.91 Å². The van der Waals surface area contributed by atoms with E-state index in [1.54, 1.807) is 17.0 Å². The predicted octanol–water partition coefficient (Wildman–Crippen LogP) is 2.71. The number of rotatable bonds is 7. The molecule has 1 unspecified atom stereocenters. The number of nitrogens with two attached hydrogens (primary N) is 1. The van der Waals surface area contributed by atoms with Gasteiger partial charge in [-0.05, 0) is 31.0 Å². The number of nitrogens with zero attached hydrogens (tertiary/aromatic N) is 1. The normalized spacial score (nSPS) is 15.9. The second-order valence-corrected chi connectivity index (χ2v) is 7.26. The number of likely N-dealkylation sites (tertiary alicyclic amines) is 1. The molecule has 1 heterocycles. The van der Waals surface area contributed by atoms with Crippen LogP contribution in [0.15, 0.2) is 42.5 Å². The SMILES string of the molecule is NC(=O)c1cc(NC(=O)C2CCCN(C(=O)CCOc3ccccc3)C2)c(F)cc1F. The largest absolute Gasteiger partial charge is 0.493 e. The van der Waals surface area contributed by atoms with E-state index >= 15 is 0 Å². The van der Waals surface area contributed by atoms with Crippen LogP contribution in [0.1, 0.15) is 29.6 Å². The number of amides is 3. The van der Waals surface area contributed by atoms with E-state index in [0.29, 0.717) is 31.2 Å². The summed E-state index contributed by atoms with van der Waals surface area (Å²) >= 11 is 0. The number of nitrogens with one attached hydrogen (secondary N) is 1. The average Bonchev–Trinajstić information content (AvgIpc) is 2.76. The van der Waals surface area contributed by atoms with Gasteiger partial charge in [0.1, 0.15) is 17.4 Å². The molecule has 1 fully saturated rings. The van der Waals surface area contributed by atoms with Crippen molar-refractivity contribution in [3.05, 3.63) is 59.7 Å². The van der Waals surface area contributed by atoms with Crippen molar-refractivity contribution in [1.29, 1.82) is 0 Å². The second-order valence-electron chi connectivity index (χ2n) is 7.26. The van der Waals surface area contributed by atoms with Crippen molar-refractivity contribution < 1.29 is 27.9 Å². The lowest BCUT2D eigenvalue weighted by Crippen LogP contribution is -2.44. The Hall–Kier alpha value is -3.49. The fraction of sp³-hybridized carbons (Fsp3) is 0.318. The molecule has 1 atom stereocenters. The molecule has 1 aliphatic rings. The average molecular weight is 431 g/mol. The van der Waals surface area contributed by atoms with Gasteiger partial charge in [-0.1, -0.05) is 18.2 Å². The molecule has 2 aromatic rings.